The van der Waals surface area contributed by atoms with E-state index in [1.807, 2.05) is 0 Å². The molecule has 0 heterocycles. The standard InChI is InChI=1S/C36H67NO6/c1-2-3-4-5-6-7-8-9-10-11-12-13-14-15-16-17-18-19-20-21-22-23-30-37(31-24-27-34(38)39,32-25-28-35(40)41)33-26-29-36(42)43/h16-17H,2-15,18-33H2,1H3,(H2-,38,39,40,41,42,43)/p+1/b17-16+. The number of allylic oxidation sites excluding steroid dienone is 2. The summed E-state index contributed by atoms with van der Waals surface area (Å²) in [6.07, 6.45) is 32.7. The van der Waals surface area contributed by atoms with Crippen molar-refractivity contribution in [1.29, 1.82) is 0 Å². The van der Waals surface area contributed by atoms with Gasteiger partial charge in [0.25, 0.3) is 0 Å². The number of carbonyl (C=O) groups is 3. The van der Waals surface area contributed by atoms with E-state index in [9.17, 15) is 14.4 Å². The Morgan fingerprint density at radius 2 is 0.698 bits per heavy atom. The van der Waals surface area contributed by atoms with Crippen LogP contribution in [-0.2, 0) is 14.4 Å². The van der Waals surface area contributed by atoms with Crippen LogP contribution < -0.4 is 0 Å². The smallest absolute Gasteiger partial charge is 0.303 e. The summed E-state index contributed by atoms with van der Waals surface area (Å²) in [7, 11) is 0. The van der Waals surface area contributed by atoms with Gasteiger partial charge in [-0.15, -0.1) is 0 Å². The minimum Gasteiger partial charge on any atom is -0.481 e. The Hall–Kier alpha value is -1.89. The quantitative estimate of drug-likeness (QED) is 0.0380. The molecule has 0 saturated heterocycles. The Morgan fingerprint density at radius 1 is 0.419 bits per heavy atom. The van der Waals surface area contributed by atoms with Crippen LogP contribution in [-0.4, -0.2) is 63.9 Å². The van der Waals surface area contributed by atoms with Gasteiger partial charge in [0.2, 0.25) is 0 Å². The first-order valence-corrected chi connectivity index (χ1v) is 18.0. The molecule has 43 heavy (non-hydrogen) atoms. The summed E-state index contributed by atoms with van der Waals surface area (Å²) in [5.74, 6) is -2.48. The second-order valence-electron chi connectivity index (χ2n) is 12.8. The normalized spacial score (nSPS) is 11.8. The maximum absolute atomic E-state index is 11.1. The topological polar surface area (TPSA) is 112 Å². The molecule has 0 rings (SSSR count). The molecular formula is C36H68NO6+. The van der Waals surface area contributed by atoms with Crippen LogP contribution in [0.2, 0.25) is 0 Å². The molecule has 0 aromatic carbocycles. The first-order chi connectivity index (χ1) is 20.8. The number of carboxylic acids is 3. The van der Waals surface area contributed by atoms with Crippen molar-refractivity contribution in [2.45, 2.75) is 174 Å². The highest BCUT2D eigenvalue weighted by Gasteiger charge is 2.27. The lowest BCUT2D eigenvalue weighted by Crippen LogP contribution is -2.51. The molecule has 3 N–H and O–H groups in total. The van der Waals surface area contributed by atoms with Crippen LogP contribution in [0.15, 0.2) is 12.2 Å². The van der Waals surface area contributed by atoms with Gasteiger partial charge in [-0.3, -0.25) is 14.4 Å². The van der Waals surface area contributed by atoms with Crippen LogP contribution >= 0.6 is 0 Å². The summed E-state index contributed by atoms with van der Waals surface area (Å²) in [5, 5.41) is 27.3. The first-order valence-electron chi connectivity index (χ1n) is 18.0. The van der Waals surface area contributed by atoms with Crippen LogP contribution in [0.3, 0.4) is 0 Å². The van der Waals surface area contributed by atoms with E-state index in [1.54, 1.807) is 0 Å². The lowest BCUT2D eigenvalue weighted by Gasteiger charge is -2.39. The number of hydrogen-bond acceptors (Lipinski definition) is 3. The molecule has 0 aliphatic rings. The summed E-state index contributed by atoms with van der Waals surface area (Å²) in [6, 6.07) is 0. The summed E-state index contributed by atoms with van der Waals surface area (Å²) in [6.45, 7) is 5.12. The van der Waals surface area contributed by atoms with E-state index in [-0.39, 0.29) is 19.3 Å². The van der Waals surface area contributed by atoms with E-state index in [0.717, 1.165) is 32.2 Å². The number of aliphatic carboxylic acids is 3. The molecule has 0 spiro atoms. The Morgan fingerprint density at radius 3 is 1.02 bits per heavy atom. The molecule has 0 aliphatic heterocycles. The third-order valence-corrected chi connectivity index (χ3v) is 8.71. The molecule has 252 valence electrons. The molecule has 0 bridgehead atoms. The van der Waals surface area contributed by atoms with Crippen molar-refractivity contribution in [3.05, 3.63) is 12.2 Å². The molecule has 0 amide bonds. The summed E-state index contributed by atoms with van der Waals surface area (Å²) in [5.41, 5.74) is 0. The van der Waals surface area contributed by atoms with Crippen molar-refractivity contribution in [3.63, 3.8) is 0 Å². The predicted molar refractivity (Wildman–Crippen MR) is 177 cm³/mol. The number of hydrogen-bond donors (Lipinski definition) is 3. The fourth-order valence-electron chi connectivity index (χ4n) is 6.12. The zero-order chi connectivity index (χ0) is 31.9. The van der Waals surface area contributed by atoms with Gasteiger partial charge in [0.1, 0.15) is 0 Å². The second-order valence-corrected chi connectivity index (χ2v) is 12.8. The number of rotatable bonds is 34. The number of quaternary nitrogens is 1. The van der Waals surface area contributed by atoms with Crippen molar-refractivity contribution in [1.82, 2.24) is 0 Å². The molecule has 7 heteroatoms. The molecule has 0 fully saturated rings. The van der Waals surface area contributed by atoms with Gasteiger partial charge in [-0.05, 0) is 38.5 Å². The Balaban J connectivity index is 4.03. The predicted octanol–water partition coefficient (Wildman–Crippen LogP) is 9.78. The Labute approximate surface area is 264 Å². The van der Waals surface area contributed by atoms with Gasteiger partial charge in [0.15, 0.2) is 0 Å². The van der Waals surface area contributed by atoms with Gasteiger partial charge >= 0.3 is 17.9 Å². The van der Waals surface area contributed by atoms with Gasteiger partial charge < -0.3 is 19.8 Å². The van der Waals surface area contributed by atoms with E-state index in [2.05, 4.69) is 19.1 Å². The zero-order valence-electron chi connectivity index (χ0n) is 27.9. The Bertz CT molecular complexity index is 658. The Kier molecular flexibility index (Phi) is 28.8. The minimum absolute atomic E-state index is 0.0880. The third-order valence-electron chi connectivity index (χ3n) is 8.71. The van der Waals surface area contributed by atoms with Gasteiger partial charge in [-0.1, -0.05) is 109 Å². The van der Waals surface area contributed by atoms with Crippen molar-refractivity contribution >= 4 is 17.9 Å². The zero-order valence-corrected chi connectivity index (χ0v) is 27.9. The first kappa shape index (κ1) is 41.1. The average molecular weight is 611 g/mol. The molecular weight excluding hydrogens is 542 g/mol. The number of nitrogens with zero attached hydrogens (tertiary/aromatic N) is 1. The number of unbranched alkanes of at least 4 members (excludes halogenated alkanes) is 18. The molecule has 0 unspecified atom stereocenters. The van der Waals surface area contributed by atoms with E-state index >= 15 is 0 Å². The third kappa shape index (κ3) is 29.9. The van der Waals surface area contributed by atoms with Crippen molar-refractivity contribution in [3.8, 4) is 0 Å². The van der Waals surface area contributed by atoms with E-state index in [1.165, 1.54) is 103 Å². The lowest BCUT2D eigenvalue weighted by molar-refractivity contribution is -0.929. The summed E-state index contributed by atoms with van der Waals surface area (Å²) in [4.78, 5) is 33.3. The highest BCUT2D eigenvalue weighted by Crippen LogP contribution is 2.19. The van der Waals surface area contributed by atoms with Crippen LogP contribution in [0.1, 0.15) is 174 Å². The fourth-order valence-corrected chi connectivity index (χ4v) is 6.12. The van der Waals surface area contributed by atoms with Crippen LogP contribution in [0.5, 0.6) is 0 Å². The second kappa shape index (κ2) is 30.1. The largest absolute Gasteiger partial charge is 0.481 e. The van der Waals surface area contributed by atoms with Crippen LogP contribution in [0.25, 0.3) is 0 Å². The fraction of sp³-hybridized carbons (Fsp3) is 0.861. The van der Waals surface area contributed by atoms with Crippen molar-refractivity contribution in [2.75, 3.05) is 26.2 Å². The van der Waals surface area contributed by atoms with Crippen LogP contribution in [0.4, 0.5) is 0 Å². The van der Waals surface area contributed by atoms with Crippen molar-refractivity contribution < 1.29 is 34.2 Å². The molecule has 0 radical (unpaired) electrons. The SMILES string of the molecule is CCCCCCCCCCCCCCC/C=C/CCCCCCC[N+](CCCC(=O)O)(CCCC(=O)O)CCCC(=O)O. The molecule has 0 aliphatic carbocycles. The van der Waals surface area contributed by atoms with Crippen LogP contribution in [0, 0.1) is 0 Å². The van der Waals surface area contributed by atoms with E-state index in [4.69, 9.17) is 15.3 Å². The molecule has 7 nitrogen and oxygen atoms in total. The summed E-state index contributed by atoms with van der Waals surface area (Å²) >= 11 is 0. The summed E-state index contributed by atoms with van der Waals surface area (Å²) < 4.78 is 0.635. The highest BCUT2D eigenvalue weighted by molar-refractivity contribution is 5.67. The highest BCUT2D eigenvalue weighted by atomic mass is 16.4. The monoisotopic (exact) mass is 611 g/mol. The molecule has 0 aromatic rings. The van der Waals surface area contributed by atoms with E-state index in [0.29, 0.717) is 43.4 Å². The molecule has 0 saturated carbocycles. The van der Waals surface area contributed by atoms with Gasteiger partial charge in [-0.2, -0.15) is 0 Å². The maximum atomic E-state index is 11.1. The maximum Gasteiger partial charge on any atom is 0.303 e. The van der Waals surface area contributed by atoms with Gasteiger partial charge in [0, 0.05) is 19.3 Å². The van der Waals surface area contributed by atoms with Gasteiger partial charge in [0.05, 0.1) is 45.4 Å². The molecule has 0 aromatic heterocycles. The van der Waals surface area contributed by atoms with Crippen molar-refractivity contribution in [2.24, 2.45) is 0 Å². The minimum atomic E-state index is -0.826. The number of carboxylic acid groups (broad SMARTS) is 3. The lowest BCUT2D eigenvalue weighted by atomic mass is 10.0. The van der Waals surface area contributed by atoms with E-state index < -0.39 is 17.9 Å². The average Bonchev–Trinajstić information content (AvgIpc) is 2.95. The molecule has 0 atom stereocenters. The van der Waals surface area contributed by atoms with Gasteiger partial charge in [-0.25, -0.2) is 0 Å².